The number of aliphatic carboxylic acids is 1. The van der Waals surface area contributed by atoms with Crippen LogP contribution in [0.2, 0.25) is 0 Å². The molecule has 100 valence electrons. The van der Waals surface area contributed by atoms with Crippen LogP contribution in [0.25, 0.3) is 0 Å². The topological polar surface area (TPSA) is 85.4 Å². The quantitative estimate of drug-likeness (QED) is 0.811. The molecule has 0 saturated heterocycles. The molecule has 3 N–H and O–H groups in total. The molecular weight excluding hydrogens is 260 g/mol. The Labute approximate surface area is 98.2 Å². The van der Waals surface area contributed by atoms with Crippen molar-refractivity contribution < 1.29 is 32.2 Å². The summed E-state index contributed by atoms with van der Waals surface area (Å²) in [6.45, 7) is -1.18. The summed E-state index contributed by atoms with van der Waals surface area (Å²) < 4.78 is 52.0. The summed E-state index contributed by atoms with van der Waals surface area (Å²) in [5.74, 6) is -2.81. The lowest BCUT2D eigenvalue weighted by Gasteiger charge is -2.13. The molecule has 0 saturated carbocycles. The Kier molecular flexibility index (Phi) is 3.94. The summed E-state index contributed by atoms with van der Waals surface area (Å²) >= 11 is 0. The molecule has 0 amide bonds. The number of hydrogen-bond donors (Lipinski definition) is 2. The van der Waals surface area contributed by atoms with E-state index in [0.717, 1.165) is 0 Å². The van der Waals surface area contributed by atoms with Crippen molar-refractivity contribution in [2.75, 3.05) is 5.73 Å². The lowest BCUT2D eigenvalue weighted by Crippen LogP contribution is -2.19. The average Bonchev–Trinajstić information content (AvgIpc) is 2.19. The molecule has 1 aromatic heterocycles. The van der Waals surface area contributed by atoms with E-state index in [-0.39, 0.29) is 11.3 Å². The maximum Gasteiger partial charge on any atom is 0.573 e. The Bertz CT molecular complexity index is 462. The van der Waals surface area contributed by atoms with Crippen molar-refractivity contribution in [1.29, 1.82) is 0 Å². The number of pyridine rings is 1. The second kappa shape index (κ2) is 5.07. The van der Waals surface area contributed by atoms with E-state index < -0.39 is 37.0 Å². The Morgan fingerprint density at radius 1 is 1.50 bits per heavy atom. The second-order valence-electron chi connectivity index (χ2n) is 3.23. The zero-order valence-corrected chi connectivity index (χ0v) is 8.79. The fraction of sp³-hybridized carbons (Fsp3) is 0.333. The Morgan fingerprint density at radius 2 is 2.11 bits per heavy atom. The van der Waals surface area contributed by atoms with Crippen LogP contribution in [0.4, 0.5) is 23.4 Å². The molecule has 9 heteroatoms. The molecule has 0 aliphatic rings. The summed E-state index contributed by atoms with van der Waals surface area (Å²) in [5.41, 5.74) is 4.62. The highest BCUT2D eigenvalue weighted by molar-refractivity contribution is 5.70. The molecule has 0 spiro atoms. The van der Waals surface area contributed by atoms with Gasteiger partial charge in [-0.05, 0) is 6.07 Å². The van der Waals surface area contributed by atoms with E-state index >= 15 is 0 Å². The number of nitrogens with two attached hydrogens (primary N) is 1. The number of nitrogens with zero attached hydrogens (tertiary/aromatic N) is 1. The van der Waals surface area contributed by atoms with E-state index in [1.165, 1.54) is 0 Å². The van der Waals surface area contributed by atoms with E-state index in [4.69, 9.17) is 10.8 Å². The van der Waals surface area contributed by atoms with Gasteiger partial charge in [-0.2, -0.15) is 0 Å². The third kappa shape index (κ3) is 3.75. The number of halogens is 4. The minimum Gasteiger partial charge on any atom is -0.481 e. The van der Waals surface area contributed by atoms with Crippen molar-refractivity contribution in [2.45, 2.75) is 19.5 Å². The summed E-state index contributed by atoms with van der Waals surface area (Å²) in [7, 11) is 0. The first-order valence-electron chi connectivity index (χ1n) is 4.54. The van der Waals surface area contributed by atoms with Crippen LogP contribution >= 0.6 is 0 Å². The molecule has 0 aliphatic carbocycles. The number of carbonyl (C=O) groups is 1. The predicted octanol–water partition coefficient (Wildman–Crippen LogP) is 1.66. The van der Waals surface area contributed by atoms with Gasteiger partial charge in [-0.25, -0.2) is 9.37 Å². The van der Waals surface area contributed by atoms with Gasteiger partial charge in [-0.1, -0.05) is 0 Å². The van der Waals surface area contributed by atoms with Gasteiger partial charge in [0.2, 0.25) is 0 Å². The van der Waals surface area contributed by atoms with Crippen molar-refractivity contribution in [1.82, 2.24) is 4.98 Å². The molecule has 1 aromatic rings. The van der Waals surface area contributed by atoms with Gasteiger partial charge in [0.15, 0.2) is 11.6 Å². The number of anilines is 1. The monoisotopic (exact) mass is 268 g/mol. The van der Waals surface area contributed by atoms with E-state index in [9.17, 15) is 22.4 Å². The predicted molar refractivity (Wildman–Crippen MR) is 51.5 cm³/mol. The smallest absolute Gasteiger partial charge is 0.481 e. The molecule has 0 fully saturated rings. The van der Waals surface area contributed by atoms with E-state index in [1.54, 1.807) is 0 Å². The van der Waals surface area contributed by atoms with Crippen molar-refractivity contribution >= 4 is 11.8 Å². The van der Waals surface area contributed by atoms with E-state index in [0.29, 0.717) is 6.07 Å². The zero-order valence-electron chi connectivity index (χ0n) is 8.79. The largest absolute Gasteiger partial charge is 0.573 e. The molecule has 18 heavy (non-hydrogen) atoms. The van der Waals surface area contributed by atoms with Gasteiger partial charge < -0.3 is 15.6 Å². The molecule has 0 bridgehead atoms. The van der Waals surface area contributed by atoms with Crippen LogP contribution in [0.1, 0.15) is 11.3 Å². The Balaban J connectivity index is 3.13. The fourth-order valence-electron chi connectivity index (χ4n) is 1.21. The fourth-order valence-corrected chi connectivity index (χ4v) is 1.21. The molecule has 5 nitrogen and oxygen atoms in total. The number of aromatic nitrogens is 1. The first-order chi connectivity index (χ1) is 8.23. The summed E-state index contributed by atoms with van der Waals surface area (Å²) in [5, 5.41) is 8.52. The molecule has 1 rings (SSSR count). The van der Waals surface area contributed by atoms with Crippen LogP contribution in [0, 0.1) is 0 Å². The van der Waals surface area contributed by atoms with Crippen molar-refractivity contribution in [2.24, 2.45) is 0 Å². The highest BCUT2D eigenvalue weighted by Crippen LogP contribution is 2.29. The number of alkyl halides is 4. The van der Waals surface area contributed by atoms with E-state index in [2.05, 4.69) is 9.72 Å². The number of hydrogen-bond acceptors (Lipinski definition) is 4. The number of carboxylic acids is 1. The van der Waals surface area contributed by atoms with Gasteiger partial charge in [0.1, 0.15) is 6.67 Å². The van der Waals surface area contributed by atoms with Crippen LogP contribution in [-0.4, -0.2) is 22.4 Å². The van der Waals surface area contributed by atoms with Gasteiger partial charge >= 0.3 is 12.3 Å². The van der Waals surface area contributed by atoms with Crippen LogP contribution in [0.3, 0.4) is 0 Å². The van der Waals surface area contributed by atoms with Crippen LogP contribution < -0.4 is 10.5 Å². The molecular formula is C9H8F4N2O3. The van der Waals surface area contributed by atoms with Gasteiger partial charge in [-0.3, -0.25) is 4.79 Å². The Morgan fingerprint density at radius 3 is 2.56 bits per heavy atom. The zero-order chi connectivity index (χ0) is 13.9. The van der Waals surface area contributed by atoms with Crippen LogP contribution in [0.5, 0.6) is 5.75 Å². The normalized spacial score (nSPS) is 11.3. The summed E-state index contributed by atoms with van der Waals surface area (Å²) in [4.78, 5) is 13.8. The number of ether oxygens (including phenoxy) is 1. The molecule has 0 radical (unpaired) electrons. The van der Waals surface area contributed by atoms with E-state index in [1.807, 2.05) is 0 Å². The summed E-state index contributed by atoms with van der Waals surface area (Å²) in [6, 6.07) is 0.689. The summed E-state index contributed by atoms with van der Waals surface area (Å²) in [6.07, 6.45) is -5.63. The minimum absolute atomic E-state index is 0.239. The Hall–Kier alpha value is -2.06. The molecule has 0 unspecified atom stereocenters. The highest BCUT2D eigenvalue weighted by atomic mass is 19.4. The molecule has 1 heterocycles. The average molecular weight is 268 g/mol. The first-order valence-corrected chi connectivity index (χ1v) is 4.54. The standard InChI is InChI=1S/C9H8F4N2O3/c10-3-4-1-6(18-9(11,12)13)8(14)15-5(4)2-7(16)17/h1H,2-3H2,(H2,14,15)(H,16,17). The number of rotatable bonds is 4. The van der Waals surface area contributed by atoms with Crippen molar-refractivity contribution in [3.05, 3.63) is 17.3 Å². The maximum atomic E-state index is 12.6. The lowest BCUT2D eigenvalue weighted by molar-refractivity contribution is -0.274. The third-order valence-corrected chi connectivity index (χ3v) is 1.87. The van der Waals surface area contributed by atoms with Crippen LogP contribution in [0.15, 0.2) is 6.07 Å². The first kappa shape index (κ1) is 14.0. The number of carboxylic acid groups (broad SMARTS) is 1. The molecule has 0 atom stereocenters. The van der Waals surface area contributed by atoms with Gasteiger partial charge in [0.25, 0.3) is 0 Å². The van der Waals surface area contributed by atoms with Crippen LogP contribution in [-0.2, 0) is 17.9 Å². The van der Waals surface area contributed by atoms with Gasteiger partial charge in [0.05, 0.1) is 12.1 Å². The third-order valence-electron chi connectivity index (χ3n) is 1.87. The minimum atomic E-state index is -4.99. The van der Waals surface area contributed by atoms with Crippen molar-refractivity contribution in [3.63, 3.8) is 0 Å². The van der Waals surface area contributed by atoms with Gasteiger partial charge in [0, 0.05) is 5.56 Å². The molecule has 0 aromatic carbocycles. The highest BCUT2D eigenvalue weighted by Gasteiger charge is 2.32. The molecule has 0 aliphatic heterocycles. The lowest BCUT2D eigenvalue weighted by atomic mass is 10.1. The second-order valence-corrected chi connectivity index (χ2v) is 3.23. The maximum absolute atomic E-state index is 12.6. The van der Waals surface area contributed by atoms with Gasteiger partial charge in [-0.15, -0.1) is 13.2 Å². The number of nitrogen functional groups attached to an aromatic ring is 1. The van der Waals surface area contributed by atoms with Crippen molar-refractivity contribution in [3.8, 4) is 5.75 Å². The SMILES string of the molecule is Nc1nc(CC(=O)O)c(CF)cc1OC(F)(F)F.